The van der Waals surface area contributed by atoms with Crippen LogP contribution >= 0.6 is 11.8 Å². The third kappa shape index (κ3) is 2.62. The molecule has 0 atom stereocenters. The van der Waals surface area contributed by atoms with E-state index in [0.717, 1.165) is 27.6 Å². The molecule has 5 heteroatoms. The second-order valence-electron chi connectivity index (χ2n) is 4.28. The number of hydrogen-bond acceptors (Lipinski definition) is 4. The minimum atomic E-state index is -0.419. The Balaban J connectivity index is 1.99. The predicted molar refractivity (Wildman–Crippen MR) is 81.2 cm³/mol. The van der Waals surface area contributed by atoms with E-state index in [1.54, 1.807) is 42.6 Å². The highest BCUT2D eigenvalue weighted by atomic mass is 32.2. The Morgan fingerprint density at radius 2 is 1.95 bits per heavy atom. The number of carbonyl (C=O) groups excluding carboxylic acids is 1. The van der Waals surface area contributed by atoms with Crippen LogP contribution in [0, 0.1) is 10.7 Å². The van der Waals surface area contributed by atoms with Crippen molar-refractivity contribution in [2.45, 2.75) is 4.90 Å². The number of nitrogens with zero attached hydrogens (tertiary/aromatic N) is 1. The molecule has 0 bridgehead atoms. The number of aromatic nitrogens is 1. The van der Waals surface area contributed by atoms with Crippen LogP contribution in [0.3, 0.4) is 0 Å². The van der Waals surface area contributed by atoms with E-state index in [4.69, 9.17) is 10.00 Å². The van der Waals surface area contributed by atoms with Crippen molar-refractivity contribution in [2.24, 2.45) is 0 Å². The molecule has 4 nitrogen and oxygen atoms in total. The topological polar surface area (TPSA) is 65.9 Å². The van der Waals surface area contributed by atoms with Gasteiger partial charge in [-0.25, -0.2) is 4.79 Å². The molecule has 0 spiro atoms. The van der Waals surface area contributed by atoms with Crippen LogP contribution in [0.15, 0.2) is 59.6 Å². The zero-order valence-electron chi connectivity index (χ0n) is 10.9. The molecule has 0 unspecified atom stereocenters. The van der Waals surface area contributed by atoms with E-state index in [9.17, 15) is 4.79 Å². The summed E-state index contributed by atoms with van der Waals surface area (Å²) in [6.45, 7) is 0. The molecular formula is C16H10N2O2S. The minimum Gasteiger partial charge on any atom is -0.422 e. The SMILES string of the molecule is N#CSc1c[nH]c2cccc(OC(=O)c3ccccc3)c12. The normalized spacial score (nSPS) is 10.2. The first kappa shape index (κ1) is 13.3. The fraction of sp³-hybridized carbons (Fsp3) is 0. The Hall–Kier alpha value is -2.71. The molecule has 3 aromatic rings. The maximum atomic E-state index is 12.1. The summed E-state index contributed by atoms with van der Waals surface area (Å²) in [5, 5.41) is 11.6. The smallest absolute Gasteiger partial charge is 0.343 e. The molecule has 2 aromatic carbocycles. The lowest BCUT2D eigenvalue weighted by Gasteiger charge is -2.06. The van der Waals surface area contributed by atoms with Gasteiger partial charge in [0.05, 0.1) is 21.4 Å². The highest BCUT2D eigenvalue weighted by Crippen LogP contribution is 2.34. The van der Waals surface area contributed by atoms with E-state index in [2.05, 4.69) is 4.98 Å². The highest BCUT2D eigenvalue weighted by molar-refractivity contribution is 8.04. The van der Waals surface area contributed by atoms with Crippen molar-refractivity contribution >= 4 is 28.6 Å². The quantitative estimate of drug-likeness (QED) is 0.343. The number of nitriles is 1. The summed E-state index contributed by atoms with van der Waals surface area (Å²) >= 11 is 1.03. The van der Waals surface area contributed by atoms with Crippen molar-refractivity contribution in [1.29, 1.82) is 5.26 Å². The maximum absolute atomic E-state index is 12.1. The molecule has 0 fully saturated rings. The van der Waals surface area contributed by atoms with E-state index in [-0.39, 0.29) is 0 Å². The number of hydrogen-bond donors (Lipinski definition) is 1. The number of benzene rings is 2. The number of thioether (sulfide) groups is 1. The van der Waals surface area contributed by atoms with E-state index in [1.165, 1.54) is 0 Å². The zero-order chi connectivity index (χ0) is 14.7. The minimum absolute atomic E-state index is 0.419. The standard InChI is InChI=1S/C16H10N2O2S/c17-10-21-14-9-18-12-7-4-8-13(15(12)14)20-16(19)11-5-2-1-3-6-11/h1-9,18H. The summed E-state index contributed by atoms with van der Waals surface area (Å²) in [5.41, 5.74) is 1.31. The molecule has 21 heavy (non-hydrogen) atoms. The molecule has 1 N–H and O–H groups in total. The van der Waals surface area contributed by atoms with Gasteiger partial charge in [0.15, 0.2) is 0 Å². The fourth-order valence-electron chi connectivity index (χ4n) is 2.07. The summed E-state index contributed by atoms with van der Waals surface area (Å²) in [6.07, 6.45) is 1.73. The van der Waals surface area contributed by atoms with Gasteiger partial charge in [-0.3, -0.25) is 0 Å². The van der Waals surface area contributed by atoms with E-state index < -0.39 is 5.97 Å². The van der Waals surface area contributed by atoms with E-state index in [0.29, 0.717) is 11.3 Å². The van der Waals surface area contributed by atoms with Gasteiger partial charge < -0.3 is 9.72 Å². The van der Waals surface area contributed by atoms with Crippen molar-refractivity contribution in [3.8, 4) is 11.2 Å². The predicted octanol–water partition coefficient (Wildman–Crippen LogP) is 3.96. The van der Waals surface area contributed by atoms with Gasteiger partial charge in [-0.15, -0.1) is 0 Å². The Bertz CT molecular complexity index is 834. The van der Waals surface area contributed by atoms with Gasteiger partial charge in [-0.1, -0.05) is 24.3 Å². The van der Waals surface area contributed by atoms with Crippen LogP contribution in [-0.2, 0) is 0 Å². The first-order chi connectivity index (χ1) is 10.3. The maximum Gasteiger partial charge on any atom is 0.343 e. The second kappa shape index (κ2) is 5.73. The Kier molecular flexibility index (Phi) is 3.63. The number of ether oxygens (including phenoxy) is 1. The number of carbonyl (C=O) groups is 1. The van der Waals surface area contributed by atoms with Crippen molar-refractivity contribution in [3.63, 3.8) is 0 Å². The van der Waals surface area contributed by atoms with Gasteiger partial charge in [-0.05, 0) is 36.0 Å². The lowest BCUT2D eigenvalue weighted by Crippen LogP contribution is -2.08. The first-order valence-electron chi connectivity index (χ1n) is 6.23. The number of rotatable bonds is 3. The molecule has 0 aliphatic carbocycles. The van der Waals surface area contributed by atoms with Crippen LogP contribution in [0.2, 0.25) is 0 Å². The highest BCUT2D eigenvalue weighted by Gasteiger charge is 2.14. The van der Waals surface area contributed by atoms with Gasteiger partial charge in [0.25, 0.3) is 0 Å². The van der Waals surface area contributed by atoms with Crippen LogP contribution in [0.1, 0.15) is 10.4 Å². The first-order valence-corrected chi connectivity index (χ1v) is 7.04. The Morgan fingerprint density at radius 1 is 1.14 bits per heavy atom. The molecule has 3 rings (SSSR count). The molecule has 0 aliphatic rings. The number of esters is 1. The number of thiocyanates is 1. The summed E-state index contributed by atoms with van der Waals surface area (Å²) in [5.74, 6) is 0.0255. The van der Waals surface area contributed by atoms with Crippen molar-refractivity contribution < 1.29 is 9.53 Å². The monoisotopic (exact) mass is 294 g/mol. The fourth-order valence-corrected chi connectivity index (χ4v) is 2.60. The van der Waals surface area contributed by atoms with Gasteiger partial charge in [-0.2, -0.15) is 5.26 Å². The molecule has 102 valence electrons. The third-order valence-electron chi connectivity index (χ3n) is 3.00. The van der Waals surface area contributed by atoms with Gasteiger partial charge in [0.2, 0.25) is 0 Å². The lowest BCUT2D eigenvalue weighted by molar-refractivity contribution is 0.0737. The van der Waals surface area contributed by atoms with Crippen molar-refractivity contribution in [2.75, 3.05) is 0 Å². The molecule has 0 saturated heterocycles. The summed E-state index contributed by atoms with van der Waals surface area (Å²) < 4.78 is 5.48. The summed E-state index contributed by atoms with van der Waals surface area (Å²) in [7, 11) is 0. The Morgan fingerprint density at radius 3 is 2.71 bits per heavy atom. The molecule has 0 aliphatic heterocycles. The lowest BCUT2D eigenvalue weighted by atomic mass is 10.2. The zero-order valence-corrected chi connectivity index (χ0v) is 11.7. The van der Waals surface area contributed by atoms with Gasteiger partial charge in [0.1, 0.15) is 11.2 Å². The van der Waals surface area contributed by atoms with E-state index >= 15 is 0 Å². The van der Waals surface area contributed by atoms with Crippen LogP contribution < -0.4 is 4.74 Å². The van der Waals surface area contributed by atoms with E-state index in [1.807, 2.05) is 17.5 Å². The third-order valence-corrected chi connectivity index (χ3v) is 3.63. The second-order valence-corrected chi connectivity index (χ2v) is 5.11. The van der Waals surface area contributed by atoms with Crippen LogP contribution in [0.4, 0.5) is 0 Å². The largest absolute Gasteiger partial charge is 0.422 e. The van der Waals surface area contributed by atoms with Gasteiger partial charge in [0, 0.05) is 6.20 Å². The van der Waals surface area contributed by atoms with Crippen LogP contribution in [0.25, 0.3) is 10.9 Å². The average molecular weight is 294 g/mol. The van der Waals surface area contributed by atoms with Crippen molar-refractivity contribution in [3.05, 3.63) is 60.3 Å². The van der Waals surface area contributed by atoms with Crippen LogP contribution in [0.5, 0.6) is 5.75 Å². The molecule has 0 amide bonds. The average Bonchev–Trinajstić information content (AvgIpc) is 2.93. The Labute approximate surface area is 125 Å². The number of H-pyrrole nitrogens is 1. The molecule has 1 heterocycles. The molecule has 0 radical (unpaired) electrons. The summed E-state index contributed by atoms with van der Waals surface area (Å²) in [6, 6.07) is 14.2. The van der Waals surface area contributed by atoms with Gasteiger partial charge >= 0.3 is 5.97 Å². The molecule has 0 saturated carbocycles. The van der Waals surface area contributed by atoms with Crippen molar-refractivity contribution in [1.82, 2.24) is 4.98 Å². The number of aromatic amines is 1. The number of nitrogens with one attached hydrogen (secondary N) is 1. The number of fused-ring (bicyclic) bond motifs is 1. The van der Waals surface area contributed by atoms with Crippen LogP contribution in [-0.4, -0.2) is 11.0 Å². The molecule has 1 aromatic heterocycles. The molecular weight excluding hydrogens is 284 g/mol. The summed E-state index contributed by atoms with van der Waals surface area (Å²) in [4.78, 5) is 15.9.